The van der Waals surface area contributed by atoms with Crippen molar-refractivity contribution in [1.82, 2.24) is 0 Å². The van der Waals surface area contributed by atoms with Crippen molar-refractivity contribution in [3.63, 3.8) is 0 Å². The van der Waals surface area contributed by atoms with E-state index in [1.807, 2.05) is 19.9 Å². The van der Waals surface area contributed by atoms with Gasteiger partial charge in [-0.25, -0.2) is 0 Å². The predicted octanol–water partition coefficient (Wildman–Crippen LogP) is 3.79. The Kier molecular flexibility index (Phi) is 4.09. The Labute approximate surface area is 102 Å². The van der Waals surface area contributed by atoms with Crippen LogP contribution in [0.2, 0.25) is 0 Å². The van der Waals surface area contributed by atoms with Crippen LogP contribution < -0.4 is 0 Å². The minimum atomic E-state index is -2.98. The Bertz CT molecular complexity index is 469. The van der Waals surface area contributed by atoms with Crippen molar-refractivity contribution >= 4 is 18.3 Å². The van der Waals surface area contributed by atoms with Gasteiger partial charge in [-0.1, -0.05) is 25.3 Å². The van der Waals surface area contributed by atoms with Crippen molar-refractivity contribution < 1.29 is 9.42 Å². The predicted molar refractivity (Wildman–Crippen MR) is 72.5 cm³/mol. The molecule has 1 unspecified atom stereocenters. The minimum Gasteiger partial charge on any atom is -0.440 e. The maximum absolute atomic E-state index is 10.1. The summed E-state index contributed by atoms with van der Waals surface area (Å²) in [5.41, 5.74) is 1.62. The van der Waals surface area contributed by atoms with Crippen LogP contribution in [0.15, 0.2) is 59.7 Å². The first-order chi connectivity index (χ1) is 7.44. The lowest BCUT2D eigenvalue weighted by Gasteiger charge is -2.28. The van der Waals surface area contributed by atoms with Gasteiger partial charge in [-0.05, 0) is 49.0 Å². The number of hydrogen-bond donors (Lipinski definition) is 1. The zero-order valence-electron chi connectivity index (χ0n) is 9.43. The van der Waals surface area contributed by atoms with Crippen LogP contribution in [-0.4, -0.2) is 4.89 Å². The summed E-state index contributed by atoms with van der Waals surface area (Å²) < 4.78 is 5.46. The van der Waals surface area contributed by atoms with Gasteiger partial charge in [0.2, 0.25) is 0 Å². The fraction of sp³-hybridized carbons (Fsp3) is 0.167. The number of hydrogen-bond acceptors (Lipinski definition) is 2. The molecule has 1 aliphatic rings. The average Bonchev–Trinajstić information content (AvgIpc) is 2.21. The molecular formula is C12H15O2PS. The van der Waals surface area contributed by atoms with Gasteiger partial charge in [0.1, 0.15) is 5.76 Å². The normalized spacial score (nSPS) is 28.7. The van der Waals surface area contributed by atoms with Gasteiger partial charge in [0.25, 0.3) is 6.49 Å². The fourth-order valence-electron chi connectivity index (χ4n) is 1.38. The zero-order valence-corrected chi connectivity index (χ0v) is 11.1. The SMILES string of the molecule is C=CC=C1C(=C)C(C)=C(C=CC)OP1(O)=S. The molecule has 0 saturated carbocycles. The Balaban J connectivity index is 3.37. The average molecular weight is 254 g/mol. The van der Waals surface area contributed by atoms with Crippen LogP contribution in [0.4, 0.5) is 0 Å². The van der Waals surface area contributed by atoms with E-state index in [0.29, 0.717) is 11.1 Å². The van der Waals surface area contributed by atoms with Gasteiger partial charge in [-0.2, -0.15) is 0 Å². The second-order valence-electron chi connectivity index (χ2n) is 3.37. The quantitative estimate of drug-likeness (QED) is 0.760. The molecule has 1 heterocycles. The lowest BCUT2D eigenvalue weighted by molar-refractivity contribution is 0.409. The maximum Gasteiger partial charge on any atom is 0.267 e. The van der Waals surface area contributed by atoms with Crippen LogP contribution in [0.1, 0.15) is 13.8 Å². The summed E-state index contributed by atoms with van der Waals surface area (Å²) in [5.74, 6) is 0.597. The van der Waals surface area contributed by atoms with Gasteiger partial charge >= 0.3 is 0 Å². The first-order valence-electron chi connectivity index (χ1n) is 4.83. The first-order valence-corrected chi connectivity index (χ1v) is 7.50. The third-order valence-electron chi connectivity index (χ3n) is 2.25. The number of rotatable bonds is 2. The minimum absolute atomic E-state index is 0.572. The molecule has 0 spiro atoms. The summed E-state index contributed by atoms with van der Waals surface area (Å²) in [7, 11) is 0. The van der Waals surface area contributed by atoms with E-state index in [0.717, 1.165) is 11.1 Å². The second-order valence-corrected chi connectivity index (χ2v) is 6.56. The molecule has 0 aromatic heterocycles. The van der Waals surface area contributed by atoms with E-state index in [1.54, 1.807) is 18.2 Å². The van der Waals surface area contributed by atoms with Gasteiger partial charge in [0.15, 0.2) is 0 Å². The summed E-state index contributed by atoms with van der Waals surface area (Å²) in [6.45, 7) is 8.32. The van der Waals surface area contributed by atoms with Gasteiger partial charge < -0.3 is 9.42 Å². The van der Waals surface area contributed by atoms with Crippen LogP contribution >= 0.6 is 6.49 Å². The van der Waals surface area contributed by atoms with Crippen LogP contribution in [-0.2, 0) is 16.3 Å². The van der Waals surface area contributed by atoms with Gasteiger partial charge in [0.05, 0.1) is 5.31 Å². The molecule has 1 aliphatic heterocycles. The van der Waals surface area contributed by atoms with E-state index >= 15 is 0 Å². The van der Waals surface area contributed by atoms with Gasteiger partial charge in [0, 0.05) is 0 Å². The van der Waals surface area contributed by atoms with Crippen LogP contribution in [0, 0.1) is 0 Å². The lowest BCUT2D eigenvalue weighted by atomic mass is 10.1. The molecule has 0 fully saturated rings. The first kappa shape index (κ1) is 13.2. The summed E-state index contributed by atoms with van der Waals surface area (Å²) >= 11 is 5.10. The van der Waals surface area contributed by atoms with Gasteiger partial charge in [-0.15, -0.1) is 0 Å². The molecule has 0 aliphatic carbocycles. The van der Waals surface area contributed by atoms with Crippen molar-refractivity contribution in [1.29, 1.82) is 0 Å². The molecule has 0 bridgehead atoms. The third-order valence-corrected chi connectivity index (χ3v) is 4.54. The molecule has 4 heteroatoms. The van der Waals surface area contributed by atoms with Crippen molar-refractivity contribution in [3.8, 4) is 0 Å². The van der Waals surface area contributed by atoms with Crippen molar-refractivity contribution in [3.05, 3.63) is 59.7 Å². The highest BCUT2D eigenvalue weighted by Crippen LogP contribution is 2.60. The lowest BCUT2D eigenvalue weighted by Crippen LogP contribution is -2.05. The Morgan fingerprint density at radius 1 is 1.50 bits per heavy atom. The second kappa shape index (κ2) is 4.96. The monoisotopic (exact) mass is 254 g/mol. The molecule has 0 saturated heterocycles. The van der Waals surface area contributed by atoms with Crippen molar-refractivity contribution in [2.24, 2.45) is 0 Å². The number of allylic oxidation sites excluding steroid dienone is 7. The molecule has 2 nitrogen and oxygen atoms in total. The summed E-state index contributed by atoms with van der Waals surface area (Å²) in [6, 6.07) is 0. The molecular weight excluding hydrogens is 239 g/mol. The van der Waals surface area contributed by atoms with Crippen molar-refractivity contribution in [2.45, 2.75) is 13.8 Å². The molecule has 1 atom stereocenters. The van der Waals surface area contributed by atoms with Gasteiger partial charge in [-0.3, -0.25) is 0 Å². The molecule has 86 valence electrons. The van der Waals surface area contributed by atoms with E-state index in [2.05, 4.69) is 13.2 Å². The zero-order chi connectivity index (χ0) is 12.3. The highest BCUT2D eigenvalue weighted by Gasteiger charge is 2.31. The molecule has 0 amide bonds. The van der Waals surface area contributed by atoms with E-state index in [1.165, 1.54) is 0 Å². The topological polar surface area (TPSA) is 29.5 Å². The van der Waals surface area contributed by atoms with E-state index in [4.69, 9.17) is 16.3 Å². The summed E-state index contributed by atoms with van der Waals surface area (Å²) in [5, 5.41) is 0.572. The molecule has 1 rings (SSSR count). The van der Waals surface area contributed by atoms with Crippen LogP contribution in [0.5, 0.6) is 0 Å². The van der Waals surface area contributed by atoms with E-state index < -0.39 is 6.49 Å². The Hall–Kier alpha value is -0.890. The largest absolute Gasteiger partial charge is 0.440 e. The highest BCUT2D eigenvalue weighted by atomic mass is 32.5. The molecule has 16 heavy (non-hydrogen) atoms. The molecule has 0 radical (unpaired) electrons. The smallest absolute Gasteiger partial charge is 0.267 e. The molecule has 0 aromatic carbocycles. The van der Waals surface area contributed by atoms with E-state index in [-0.39, 0.29) is 0 Å². The Morgan fingerprint density at radius 2 is 2.12 bits per heavy atom. The van der Waals surface area contributed by atoms with Crippen LogP contribution in [0.3, 0.4) is 0 Å². The molecule has 0 aromatic rings. The van der Waals surface area contributed by atoms with Crippen molar-refractivity contribution in [2.75, 3.05) is 0 Å². The fourth-order valence-corrected chi connectivity index (χ4v) is 3.49. The Morgan fingerprint density at radius 3 is 2.62 bits per heavy atom. The standard InChI is InChI=1S/C12H15O2PS/c1-5-7-11-9(3)10(4)12(8-6-2)15(13,16)14-11/h5-8H,2,4H2,1,3H3,(H,13,16). The van der Waals surface area contributed by atoms with Crippen LogP contribution in [0.25, 0.3) is 0 Å². The highest BCUT2D eigenvalue weighted by molar-refractivity contribution is 8.11. The summed E-state index contributed by atoms with van der Waals surface area (Å²) in [6.07, 6.45) is 6.86. The maximum atomic E-state index is 10.1. The summed E-state index contributed by atoms with van der Waals surface area (Å²) in [4.78, 5) is 10.1. The third kappa shape index (κ3) is 2.43. The molecule has 1 N–H and O–H groups in total. The van der Waals surface area contributed by atoms with E-state index in [9.17, 15) is 4.89 Å².